The van der Waals surface area contributed by atoms with Crippen LogP contribution in [0.2, 0.25) is 25.7 Å². The van der Waals surface area contributed by atoms with Gasteiger partial charge in [0.25, 0.3) is 0 Å². The average Bonchev–Trinajstić information content (AvgIpc) is 2.17. The lowest BCUT2D eigenvalue weighted by Gasteiger charge is -2.22. The molecule has 0 saturated carbocycles. The average molecular weight is 248 g/mol. The molecule has 90 valence electrons. The predicted octanol–water partition coefficient (Wildman–Crippen LogP) is 3.21. The molecule has 1 heterocycles. The molecule has 0 aromatic rings. The van der Waals surface area contributed by atoms with Gasteiger partial charge in [-0.3, -0.25) is 0 Å². The molecule has 1 atom stereocenters. The Kier molecular flexibility index (Phi) is 6.27. The van der Waals surface area contributed by atoms with E-state index >= 15 is 0 Å². The summed E-state index contributed by atoms with van der Waals surface area (Å²) in [5.41, 5.74) is 0. The van der Waals surface area contributed by atoms with Crippen LogP contribution in [0.5, 0.6) is 0 Å². The van der Waals surface area contributed by atoms with Gasteiger partial charge in [-0.15, -0.1) is 0 Å². The predicted molar refractivity (Wildman–Crippen MR) is 70.4 cm³/mol. The zero-order chi connectivity index (χ0) is 11.1. The number of thioether (sulfide) groups is 1. The number of hydrogen-bond acceptors (Lipinski definition) is 3. The van der Waals surface area contributed by atoms with Gasteiger partial charge in [0, 0.05) is 20.4 Å². The molecule has 1 rings (SSSR count). The summed E-state index contributed by atoms with van der Waals surface area (Å²) in [4.78, 5) is 0. The Labute approximate surface area is 99.1 Å². The first-order valence-electron chi connectivity index (χ1n) is 5.85. The molecule has 0 radical (unpaired) electrons. The Hall–Kier alpha value is 0.487. The number of rotatable bonds is 6. The third-order valence-electron chi connectivity index (χ3n) is 2.50. The van der Waals surface area contributed by atoms with Gasteiger partial charge in [0.15, 0.2) is 0 Å². The third-order valence-corrected chi connectivity index (χ3v) is 5.39. The van der Waals surface area contributed by atoms with Gasteiger partial charge in [-0.25, -0.2) is 0 Å². The molecule has 0 aliphatic carbocycles. The first-order valence-corrected chi connectivity index (χ1v) is 10.7. The van der Waals surface area contributed by atoms with E-state index in [1.54, 1.807) is 0 Å². The normalized spacial score (nSPS) is 23.0. The molecule has 0 aromatic carbocycles. The Morgan fingerprint density at radius 2 is 2.13 bits per heavy atom. The van der Waals surface area contributed by atoms with Gasteiger partial charge in [0.05, 0.1) is 6.10 Å². The minimum Gasteiger partial charge on any atom is -0.356 e. The third kappa shape index (κ3) is 7.39. The van der Waals surface area contributed by atoms with Crippen LogP contribution in [-0.4, -0.2) is 39.1 Å². The largest absolute Gasteiger partial charge is 0.356 e. The van der Waals surface area contributed by atoms with E-state index in [4.69, 9.17) is 9.47 Å². The standard InChI is InChI=1S/C11H24O2SSi/c1-15(2,3)8-6-12-10-13-11-5-4-7-14-9-11/h11H,4-10H2,1-3H3/t11-/m0/s1. The van der Waals surface area contributed by atoms with E-state index in [0.717, 1.165) is 12.4 Å². The zero-order valence-electron chi connectivity index (χ0n) is 10.3. The lowest BCUT2D eigenvalue weighted by Crippen LogP contribution is -2.24. The molecule has 0 aromatic heterocycles. The van der Waals surface area contributed by atoms with Gasteiger partial charge in [-0.2, -0.15) is 11.8 Å². The van der Waals surface area contributed by atoms with Gasteiger partial charge in [0.1, 0.15) is 6.79 Å². The Morgan fingerprint density at radius 1 is 1.33 bits per heavy atom. The summed E-state index contributed by atoms with van der Waals surface area (Å²) in [6.07, 6.45) is 2.95. The van der Waals surface area contributed by atoms with Crippen LogP contribution < -0.4 is 0 Å². The smallest absolute Gasteiger partial charge is 0.147 e. The first kappa shape index (κ1) is 13.6. The van der Waals surface area contributed by atoms with Crippen LogP contribution in [0.3, 0.4) is 0 Å². The molecule has 15 heavy (non-hydrogen) atoms. The van der Waals surface area contributed by atoms with Crippen molar-refractivity contribution in [1.29, 1.82) is 0 Å². The summed E-state index contributed by atoms with van der Waals surface area (Å²) >= 11 is 2.00. The van der Waals surface area contributed by atoms with Crippen LogP contribution in [0.1, 0.15) is 12.8 Å². The Bertz CT molecular complexity index is 164. The van der Waals surface area contributed by atoms with E-state index in [2.05, 4.69) is 19.6 Å². The highest BCUT2D eigenvalue weighted by Crippen LogP contribution is 2.19. The van der Waals surface area contributed by atoms with Gasteiger partial charge in [0.2, 0.25) is 0 Å². The molecular weight excluding hydrogens is 224 g/mol. The van der Waals surface area contributed by atoms with Crippen molar-refractivity contribution < 1.29 is 9.47 Å². The topological polar surface area (TPSA) is 18.5 Å². The van der Waals surface area contributed by atoms with E-state index < -0.39 is 8.07 Å². The minimum atomic E-state index is -0.931. The van der Waals surface area contributed by atoms with Crippen molar-refractivity contribution in [2.24, 2.45) is 0 Å². The summed E-state index contributed by atoms with van der Waals surface area (Å²) in [7, 11) is -0.931. The molecule has 1 aliphatic heterocycles. The van der Waals surface area contributed by atoms with Crippen molar-refractivity contribution in [2.45, 2.75) is 44.6 Å². The molecule has 0 spiro atoms. The van der Waals surface area contributed by atoms with Crippen LogP contribution in [-0.2, 0) is 9.47 Å². The second-order valence-electron chi connectivity index (χ2n) is 5.34. The van der Waals surface area contributed by atoms with Crippen molar-refractivity contribution in [3.8, 4) is 0 Å². The maximum atomic E-state index is 5.67. The highest BCUT2D eigenvalue weighted by Gasteiger charge is 2.15. The summed E-state index contributed by atoms with van der Waals surface area (Å²) in [6, 6.07) is 1.23. The minimum absolute atomic E-state index is 0.440. The maximum absolute atomic E-state index is 5.67. The molecular formula is C11H24O2SSi. The zero-order valence-corrected chi connectivity index (χ0v) is 12.1. The van der Waals surface area contributed by atoms with Crippen LogP contribution in [0.15, 0.2) is 0 Å². The van der Waals surface area contributed by atoms with Crippen LogP contribution >= 0.6 is 11.8 Å². The number of hydrogen-bond donors (Lipinski definition) is 0. The fraction of sp³-hybridized carbons (Fsp3) is 1.00. The molecule has 1 fully saturated rings. The summed E-state index contributed by atoms with van der Waals surface area (Å²) in [5, 5.41) is 0. The monoisotopic (exact) mass is 248 g/mol. The molecule has 1 saturated heterocycles. The second-order valence-corrected chi connectivity index (χ2v) is 12.1. The molecule has 0 unspecified atom stereocenters. The van der Waals surface area contributed by atoms with Crippen molar-refractivity contribution in [2.75, 3.05) is 24.9 Å². The van der Waals surface area contributed by atoms with E-state index in [-0.39, 0.29) is 0 Å². The van der Waals surface area contributed by atoms with Crippen molar-refractivity contribution in [3.05, 3.63) is 0 Å². The molecule has 2 nitrogen and oxygen atoms in total. The van der Waals surface area contributed by atoms with Crippen molar-refractivity contribution >= 4 is 19.8 Å². The highest BCUT2D eigenvalue weighted by atomic mass is 32.2. The maximum Gasteiger partial charge on any atom is 0.147 e. The molecule has 0 amide bonds. The van der Waals surface area contributed by atoms with E-state index in [1.807, 2.05) is 11.8 Å². The quantitative estimate of drug-likeness (QED) is 0.408. The van der Waals surface area contributed by atoms with Crippen LogP contribution in [0, 0.1) is 0 Å². The summed E-state index contributed by atoms with van der Waals surface area (Å²) in [5.74, 6) is 2.45. The highest BCUT2D eigenvalue weighted by molar-refractivity contribution is 7.99. The van der Waals surface area contributed by atoms with Crippen molar-refractivity contribution in [3.63, 3.8) is 0 Å². The molecule has 0 bridgehead atoms. The number of ether oxygens (including phenoxy) is 2. The molecule has 0 N–H and O–H groups in total. The van der Waals surface area contributed by atoms with E-state index in [1.165, 1.54) is 24.6 Å². The van der Waals surface area contributed by atoms with Gasteiger partial charge < -0.3 is 9.47 Å². The lowest BCUT2D eigenvalue weighted by atomic mass is 10.2. The Morgan fingerprint density at radius 3 is 2.73 bits per heavy atom. The molecule has 4 heteroatoms. The second kappa shape index (κ2) is 6.94. The van der Waals surface area contributed by atoms with Crippen molar-refractivity contribution in [1.82, 2.24) is 0 Å². The van der Waals surface area contributed by atoms with Gasteiger partial charge in [-0.1, -0.05) is 19.6 Å². The summed E-state index contributed by atoms with van der Waals surface area (Å²) < 4.78 is 11.2. The molecule has 1 aliphatic rings. The Balaban J connectivity index is 1.92. The van der Waals surface area contributed by atoms with E-state index in [9.17, 15) is 0 Å². The first-order chi connectivity index (χ1) is 7.08. The van der Waals surface area contributed by atoms with Gasteiger partial charge >= 0.3 is 0 Å². The van der Waals surface area contributed by atoms with E-state index in [0.29, 0.717) is 12.9 Å². The van der Waals surface area contributed by atoms with Crippen LogP contribution in [0.25, 0.3) is 0 Å². The van der Waals surface area contributed by atoms with Crippen LogP contribution in [0.4, 0.5) is 0 Å². The fourth-order valence-electron chi connectivity index (χ4n) is 1.42. The lowest BCUT2D eigenvalue weighted by molar-refractivity contribution is -0.0815. The summed E-state index contributed by atoms with van der Waals surface area (Å²) in [6.45, 7) is 8.48. The van der Waals surface area contributed by atoms with Gasteiger partial charge in [-0.05, 0) is 24.6 Å². The fourth-order valence-corrected chi connectivity index (χ4v) is 3.24. The SMILES string of the molecule is C[Si](C)(C)CCOCO[C@H]1CCCSC1.